The second kappa shape index (κ2) is 4.69. The largest absolute Gasteiger partial charge is 0.459 e. The lowest BCUT2D eigenvalue weighted by Crippen LogP contribution is -2.32. The van der Waals surface area contributed by atoms with E-state index in [1.165, 1.54) is 11.3 Å². The lowest BCUT2D eigenvalue weighted by Gasteiger charge is -2.32. The molecule has 0 saturated heterocycles. The van der Waals surface area contributed by atoms with Crippen molar-refractivity contribution in [1.82, 2.24) is 0 Å². The van der Waals surface area contributed by atoms with Crippen LogP contribution in [0.4, 0.5) is 0 Å². The summed E-state index contributed by atoms with van der Waals surface area (Å²) < 4.78 is 10.7. The predicted octanol–water partition coefficient (Wildman–Crippen LogP) is 2.15. The molecule has 102 valence electrons. The van der Waals surface area contributed by atoms with Gasteiger partial charge in [-0.25, -0.2) is 4.79 Å². The summed E-state index contributed by atoms with van der Waals surface area (Å²) in [5, 5.41) is 11.2. The number of ether oxygens (including phenoxy) is 2. The van der Waals surface area contributed by atoms with Gasteiger partial charge in [0.1, 0.15) is 23.5 Å². The molecule has 0 saturated carbocycles. The van der Waals surface area contributed by atoms with Gasteiger partial charge in [0.25, 0.3) is 0 Å². The highest BCUT2D eigenvalue weighted by molar-refractivity contribution is 7.10. The van der Waals surface area contributed by atoms with Crippen molar-refractivity contribution in [3.63, 3.8) is 0 Å². The third kappa shape index (κ3) is 1.87. The van der Waals surface area contributed by atoms with E-state index < -0.39 is 11.9 Å². The van der Waals surface area contributed by atoms with Crippen molar-refractivity contribution < 1.29 is 14.3 Å². The van der Waals surface area contributed by atoms with Crippen LogP contribution in [0.2, 0.25) is 0 Å². The van der Waals surface area contributed by atoms with Crippen molar-refractivity contribution in [2.24, 2.45) is 5.73 Å². The molecular formula is C14H12N2O3S. The van der Waals surface area contributed by atoms with Crippen molar-refractivity contribution in [3.05, 3.63) is 45.2 Å². The molecular weight excluding hydrogens is 276 g/mol. The Kier molecular flexibility index (Phi) is 2.99. The normalized spacial score (nSPS) is 25.7. The second-order valence-electron chi connectivity index (χ2n) is 4.70. The van der Waals surface area contributed by atoms with Crippen LogP contribution >= 0.6 is 11.3 Å². The molecule has 0 unspecified atom stereocenters. The van der Waals surface area contributed by atoms with E-state index in [4.69, 9.17) is 15.2 Å². The minimum atomic E-state index is -0.483. The molecule has 0 aromatic carbocycles. The summed E-state index contributed by atoms with van der Waals surface area (Å²) in [5.41, 5.74) is 6.50. The van der Waals surface area contributed by atoms with Crippen molar-refractivity contribution in [3.8, 4) is 6.07 Å². The lowest BCUT2D eigenvalue weighted by molar-refractivity contribution is -0.146. The SMILES string of the molecule is C[C@@H]1CC2=C(C(=O)O1)[C@@H](c1cccs1)C(C#N)=C(N)O2. The lowest BCUT2D eigenvalue weighted by atomic mass is 9.85. The number of carbonyl (C=O) groups is 1. The Balaban J connectivity index is 2.16. The Morgan fingerprint density at radius 2 is 2.35 bits per heavy atom. The molecule has 2 N–H and O–H groups in total. The zero-order chi connectivity index (χ0) is 14.3. The van der Waals surface area contributed by atoms with Gasteiger partial charge in [-0.05, 0) is 18.4 Å². The molecule has 0 aliphatic carbocycles. The van der Waals surface area contributed by atoms with E-state index in [1.807, 2.05) is 17.5 Å². The Morgan fingerprint density at radius 1 is 1.55 bits per heavy atom. The number of hydrogen-bond acceptors (Lipinski definition) is 6. The van der Waals surface area contributed by atoms with E-state index in [0.717, 1.165) is 4.88 Å². The van der Waals surface area contributed by atoms with Crippen LogP contribution in [0.1, 0.15) is 24.1 Å². The summed E-state index contributed by atoms with van der Waals surface area (Å²) >= 11 is 1.47. The second-order valence-corrected chi connectivity index (χ2v) is 5.68. The van der Waals surface area contributed by atoms with Gasteiger partial charge in [0.05, 0.1) is 11.5 Å². The fourth-order valence-electron chi connectivity index (χ4n) is 2.48. The molecule has 1 aromatic heterocycles. The number of nitrogens with two attached hydrogens (primary N) is 1. The maximum atomic E-state index is 12.2. The molecule has 0 amide bonds. The van der Waals surface area contributed by atoms with Crippen LogP contribution in [0.25, 0.3) is 0 Å². The molecule has 2 atom stereocenters. The molecule has 2 aliphatic heterocycles. The van der Waals surface area contributed by atoms with E-state index in [9.17, 15) is 10.1 Å². The van der Waals surface area contributed by atoms with Crippen molar-refractivity contribution in [1.29, 1.82) is 5.26 Å². The van der Waals surface area contributed by atoms with Gasteiger partial charge in [0.2, 0.25) is 5.88 Å². The summed E-state index contributed by atoms with van der Waals surface area (Å²) in [5.74, 6) is -0.323. The molecule has 0 fully saturated rings. The van der Waals surface area contributed by atoms with Crippen LogP contribution in [0.5, 0.6) is 0 Å². The van der Waals surface area contributed by atoms with E-state index in [0.29, 0.717) is 17.8 Å². The third-order valence-electron chi connectivity index (χ3n) is 3.33. The first kappa shape index (κ1) is 12.8. The van der Waals surface area contributed by atoms with Crippen LogP contribution < -0.4 is 5.73 Å². The number of nitriles is 1. The topological polar surface area (TPSA) is 85.3 Å². The van der Waals surface area contributed by atoms with Crippen LogP contribution in [0.3, 0.4) is 0 Å². The zero-order valence-corrected chi connectivity index (χ0v) is 11.6. The number of esters is 1. The number of allylic oxidation sites excluding steroid dienone is 1. The highest BCUT2D eigenvalue weighted by atomic mass is 32.1. The van der Waals surface area contributed by atoms with Crippen molar-refractivity contribution in [2.45, 2.75) is 25.4 Å². The molecule has 3 heterocycles. The molecule has 0 bridgehead atoms. The van der Waals surface area contributed by atoms with Gasteiger partial charge in [-0.2, -0.15) is 5.26 Å². The van der Waals surface area contributed by atoms with E-state index in [2.05, 4.69) is 6.07 Å². The molecule has 6 heteroatoms. The van der Waals surface area contributed by atoms with Crippen molar-refractivity contribution >= 4 is 17.3 Å². The quantitative estimate of drug-likeness (QED) is 0.800. The molecule has 0 spiro atoms. The van der Waals surface area contributed by atoms with E-state index in [1.54, 1.807) is 6.92 Å². The fraction of sp³-hybridized carbons (Fsp3) is 0.286. The summed E-state index contributed by atoms with van der Waals surface area (Å²) in [7, 11) is 0. The Hall–Kier alpha value is -2.26. The van der Waals surface area contributed by atoms with Crippen LogP contribution in [0.15, 0.2) is 40.3 Å². The zero-order valence-electron chi connectivity index (χ0n) is 10.8. The Labute approximate surface area is 119 Å². The fourth-order valence-corrected chi connectivity index (χ4v) is 3.33. The van der Waals surface area contributed by atoms with Gasteiger partial charge in [-0.15, -0.1) is 11.3 Å². The van der Waals surface area contributed by atoms with Crippen LogP contribution in [0, 0.1) is 11.3 Å². The van der Waals surface area contributed by atoms with Gasteiger partial charge in [-0.1, -0.05) is 6.07 Å². The number of thiophene rings is 1. The van der Waals surface area contributed by atoms with E-state index >= 15 is 0 Å². The number of hydrogen-bond donors (Lipinski definition) is 1. The minimum Gasteiger partial charge on any atom is -0.459 e. The van der Waals surface area contributed by atoms with Crippen molar-refractivity contribution in [2.75, 3.05) is 0 Å². The summed E-state index contributed by atoms with van der Waals surface area (Å²) in [4.78, 5) is 13.1. The first-order valence-electron chi connectivity index (χ1n) is 6.16. The maximum absolute atomic E-state index is 12.2. The van der Waals surface area contributed by atoms with Gasteiger partial charge in [-0.3, -0.25) is 0 Å². The number of cyclic esters (lactones) is 1. The van der Waals surface area contributed by atoms with E-state index in [-0.39, 0.29) is 17.6 Å². The minimum absolute atomic E-state index is 0.0755. The average molecular weight is 288 g/mol. The first-order chi connectivity index (χ1) is 9.61. The highest BCUT2D eigenvalue weighted by Gasteiger charge is 2.41. The molecule has 20 heavy (non-hydrogen) atoms. The van der Waals surface area contributed by atoms with Gasteiger partial charge in [0.15, 0.2) is 0 Å². The van der Waals surface area contributed by atoms with Gasteiger partial charge < -0.3 is 15.2 Å². The van der Waals surface area contributed by atoms with Gasteiger partial charge >= 0.3 is 5.97 Å². The predicted molar refractivity (Wildman–Crippen MR) is 72.2 cm³/mol. The number of nitrogens with zero attached hydrogens (tertiary/aromatic N) is 1. The number of rotatable bonds is 1. The first-order valence-corrected chi connectivity index (χ1v) is 7.04. The Bertz CT molecular complexity index is 667. The monoisotopic (exact) mass is 288 g/mol. The van der Waals surface area contributed by atoms with Crippen LogP contribution in [-0.2, 0) is 14.3 Å². The summed E-state index contributed by atoms with van der Waals surface area (Å²) in [6, 6.07) is 5.80. The Morgan fingerprint density at radius 3 is 3.00 bits per heavy atom. The van der Waals surface area contributed by atoms with Gasteiger partial charge in [0, 0.05) is 11.3 Å². The average Bonchev–Trinajstić information content (AvgIpc) is 2.90. The summed E-state index contributed by atoms with van der Waals surface area (Å²) in [6.07, 6.45) is 0.226. The smallest absolute Gasteiger partial charge is 0.338 e. The highest BCUT2D eigenvalue weighted by Crippen LogP contribution is 2.44. The molecule has 0 radical (unpaired) electrons. The molecule has 3 rings (SSSR count). The third-order valence-corrected chi connectivity index (χ3v) is 4.26. The summed E-state index contributed by atoms with van der Waals surface area (Å²) in [6.45, 7) is 1.80. The number of carbonyl (C=O) groups excluding carboxylic acids is 1. The molecule has 2 aliphatic rings. The van der Waals surface area contributed by atoms with Crippen LogP contribution in [-0.4, -0.2) is 12.1 Å². The standard InChI is InChI=1S/C14H12N2O3S/c1-7-5-9-12(14(17)18-7)11(10-3-2-4-20-10)8(6-15)13(16)19-9/h2-4,7,11H,5,16H2,1H3/t7-,11-/m1/s1. The molecule has 5 nitrogen and oxygen atoms in total. The maximum Gasteiger partial charge on any atom is 0.338 e. The molecule has 1 aromatic rings.